The van der Waals surface area contributed by atoms with Crippen molar-refractivity contribution >= 4 is 39.5 Å². The van der Waals surface area contributed by atoms with Gasteiger partial charge in [-0.3, -0.25) is 9.59 Å². The lowest BCUT2D eigenvalue weighted by Crippen LogP contribution is -2.48. The maximum Gasteiger partial charge on any atom is 0.230 e. The van der Waals surface area contributed by atoms with Crippen LogP contribution in [0, 0.1) is 13.8 Å². The van der Waals surface area contributed by atoms with E-state index in [2.05, 4.69) is 38.7 Å². The molecule has 1 aromatic carbocycles. The van der Waals surface area contributed by atoms with Crippen molar-refractivity contribution in [3.05, 3.63) is 27.7 Å². The van der Waals surface area contributed by atoms with Crippen LogP contribution in [-0.4, -0.2) is 30.2 Å². The summed E-state index contributed by atoms with van der Waals surface area (Å²) in [5.74, 6) is 0.476. The molecule has 0 spiro atoms. The van der Waals surface area contributed by atoms with E-state index in [4.69, 9.17) is 0 Å². The SMILES string of the molecule is Cc1cc(SCC(=O)NC2CCC(=O)NC2)c(C)cc1Br. The summed E-state index contributed by atoms with van der Waals surface area (Å²) in [5.41, 5.74) is 2.33. The Bertz CT molecular complexity index is 553. The van der Waals surface area contributed by atoms with Gasteiger partial charge in [-0.05, 0) is 43.5 Å². The van der Waals surface area contributed by atoms with Crippen LogP contribution in [0.4, 0.5) is 0 Å². The van der Waals surface area contributed by atoms with Crippen LogP contribution >= 0.6 is 27.7 Å². The van der Waals surface area contributed by atoms with Gasteiger partial charge in [-0.15, -0.1) is 11.8 Å². The van der Waals surface area contributed by atoms with E-state index in [9.17, 15) is 9.59 Å². The molecule has 2 rings (SSSR count). The van der Waals surface area contributed by atoms with Crippen LogP contribution < -0.4 is 10.6 Å². The molecule has 1 aliphatic heterocycles. The second kappa shape index (κ2) is 7.31. The molecule has 0 aliphatic carbocycles. The standard InChI is InChI=1S/C15H19BrN2O2S/c1-9-6-13(10(2)5-12(9)16)21-8-15(20)18-11-3-4-14(19)17-7-11/h5-6,11H,3-4,7-8H2,1-2H3,(H,17,19)(H,18,20). The Morgan fingerprint density at radius 1 is 1.43 bits per heavy atom. The number of halogens is 1. The van der Waals surface area contributed by atoms with Gasteiger partial charge in [0, 0.05) is 28.4 Å². The summed E-state index contributed by atoms with van der Waals surface area (Å²) in [7, 11) is 0. The second-order valence-corrected chi connectivity index (χ2v) is 7.13. The summed E-state index contributed by atoms with van der Waals surface area (Å²) in [6.45, 7) is 4.62. The highest BCUT2D eigenvalue weighted by atomic mass is 79.9. The highest BCUT2D eigenvalue weighted by Gasteiger charge is 2.19. The van der Waals surface area contributed by atoms with Crippen molar-refractivity contribution in [3.8, 4) is 0 Å². The topological polar surface area (TPSA) is 58.2 Å². The first-order valence-electron chi connectivity index (χ1n) is 6.91. The van der Waals surface area contributed by atoms with E-state index < -0.39 is 0 Å². The summed E-state index contributed by atoms with van der Waals surface area (Å²) in [5, 5.41) is 5.74. The molecule has 0 bridgehead atoms. The number of hydrogen-bond donors (Lipinski definition) is 2. The molecule has 1 aromatic rings. The normalized spacial score (nSPS) is 18.2. The number of nitrogens with one attached hydrogen (secondary N) is 2. The predicted molar refractivity (Wildman–Crippen MR) is 88.5 cm³/mol. The molecule has 1 atom stereocenters. The van der Waals surface area contributed by atoms with Gasteiger partial charge in [-0.1, -0.05) is 15.9 Å². The zero-order valence-corrected chi connectivity index (χ0v) is 14.6. The molecular weight excluding hydrogens is 352 g/mol. The summed E-state index contributed by atoms with van der Waals surface area (Å²) in [4.78, 5) is 24.2. The van der Waals surface area contributed by atoms with E-state index in [1.54, 1.807) is 11.8 Å². The highest BCUT2D eigenvalue weighted by Crippen LogP contribution is 2.28. The molecule has 0 saturated carbocycles. The molecule has 6 heteroatoms. The molecule has 1 aliphatic rings. The Morgan fingerprint density at radius 2 is 2.19 bits per heavy atom. The third kappa shape index (κ3) is 4.74. The van der Waals surface area contributed by atoms with Gasteiger partial charge in [0.1, 0.15) is 0 Å². The van der Waals surface area contributed by atoms with Gasteiger partial charge in [0.25, 0.3) is 0 Å². The van der Waals surface area contributed by atoms with Gasteiger partial charge in [-0.25, -0.2) is 0 Å². The number of carbonyl (C=O) groups is 2. The average molecular weight is 371 g/mol. The fraction of sp³-hybridized carbons (Fsp3) is 0.467. The lowest BCUT2D eigenvalue weighted by molar-refractivity contribution is -0.124. The minimum atomic E-state index is 0.0149. The molecule has 2 N–H and O–H groups in total. The van der Waals surface area contributed by atoms with Crippen LogP contribution in [0.2, 0.25) is 0 Å². The quantitative estimate of drug-likeness (QED) is 0.800. The summed E-state index contributed by atoms with van der Waals surface area (Å²) in [6, 6.07) is 4.23. The number of hydrogen-bond acceptors (Lipinski definition) is 3. The van der Waals surface area contributed by atoms with E-state index in [-0.39, 0.29) is 17.9 Å². The maximum absolute atomic E-state index is 12.0. The number of carbonyl (C=O) groups excluding carboxylic acids is 2. The van der Waals surface area contributed by atoms with Crippen LogP contribution in [0.5, 0.6) is 0 Å². The van der Waals surface area contributed by atoms with Crippen LogP contribution in [0.15, 0.2) is 21.5 Å². The summed E-state index contributed by atoms with van der Waals surface area (Å²) >= 11 is 5.05. The van der Waals surface area contributed by atoms with Crippen molar-refractivity contribution in [2.75, 3.05) is 12.3 Å². The van der Waals surface area contributed by atoms with Gasteiger partial charge in [-0.2, -0.15) is 0 Å². The fourth-order valence-corrected chi connectivity index (χ4v) is 3.55. The minimum Gasteiger partial charge on any atom is -0.354 e. The molecule has 114 valence electrons. The Morgan fingerprint density at radius 3 is 2.86 bits per heavy atom. The third-order valence-electron chi connectivity index (χ3n) is 3.45. The molecule has 1 heterocycles. The zero-order chi connectivity index (χ0) is 15.4. The number of benzene rings is 1. The lowest BCUT2D eigenvalue weighted by atomic mass is 10.1. The third-order valence-corrected chi connectivity index (χ3v) is 5.46. The molecule has 0 radical (unpaired) electrons. The van der Waals surface area contributed by atoms with Gasteiger partial charge in [0.05, 0.1) is 5.75 Å². The van der Waals surface area contributed by atoms with Crippen molar-refractivity contribution in [1.82, 2.24) is 10.6 Å². The minimum absolute atomic E-state index is 0.0149. The molecule has 4 nitrogen and oxygen atoms in total. The summed E-state index contributed by atoms with van der Waals surface area (Å²) < 4.78 is 1.09. The van der Waals surface area contributed by atoms with Crippen molar-refractivity contribution in [3.63, 3.8) is 0 Å². The van der Waals surface area contributed by atoms with Crippen molar-refractivity contribution in [1.29, 1.82) is 0 Å². The Hall–Kier alpha value is -1.01. The van der Waals surface area contributed by atoms with E-state index in [0.29, 0.717) is 18.7 Å². The Kier molecular flexibility index (Phi) is 5.70. The monoisotopic (exact) mass is 370 g/mol. The van der Waals surface area contributed by atoms with Gasteiger partial charge in [0.15, 0.2) is 0 Å². The fourth-order valence-electron chi connectivity index (χ4n) is 2.18. The molecule has 0 aromatic heterocycles. The zero-order valence-electron chi connectivity index (χ0n) is 12.2. The summed E-state index contributed by atoms with van der Waals surface area (Å²) in [6.07, 6.45) is 1.21. The number of piperidine rings is 1. The van der Waals surface area contributed by atoms with Crippen LogP contribution in [0.25, 0.3) is 0 Å². The first-order valence-corrected chi connectivity index (χ1v) is 8.69. The van der Waals surface area contributed by atoms with Crippen LogP contribution in [0.3, 0.4) is 0 Å². The molecule has 1 saturated heterocycles. The second-order valence-electron chi connectivity index (χ2n) is 5.26. The molecule has 2 amide bonds. The van der Waals surface area contributed by atoms with Crippen molar-refractivity contribution < 1.29 is 9.59 Å². The van der Waals surface area contributed by atoms with Crippen LogP contribution in [-0.2, 0) is 9.59 Å². The van der Waals surface area contributed by atoms with Gasteiger partial charge < -0.3 is 10.6 Å². The number of aryl methyl sites for hydroxylation is 2. The number of thioether (sulfide) groups is 1. The van der Waals surface area contributed by atoms with E-state index >= 15 is 0 Å². The van der Waals surface area contributed by atoms with E-state index in [1.807, 2.05) is 13.8 Å². The van der Waals surface area contributed by atoms with Crippen molar-refractivity contribution in [2.45, 2.75) is 37.6 Å². The van der Waals surface area contributed by atoms with Gasteiger partial charge in [0.2, 0.25) is 11.8 Å². The molecule has 1 fully saturated rings. The van der Waals surface area contributed by atoms with Gasteiger partial charge >= 0.3 is 0 Å². The van der Waals surface area contributed by atoms with E-state index in [0.717, 1.165) is 21.4 Å². The lowest BCUT2D eigenvalue weighted by Gasteiger charge is -2.23. The highest BCUT2D eigenvalue weighted by molar-refractivity contribution is 9.10. The Balaban J connectivity index is 1.84. The molecule has 21 heavy (non-hydrogen) atoms. The maximum atomic E-state index is 12.0. The first-order chi connectivity index (χ1) is 9.95. The smallest absolute Gasteiger partial charge is 0.230 e. The average Bonchev–Trinajstić information content (AvgIpc) is 2.44. The molecular formula is C15H19BrN2O2S. The number of rotatable bonds is 4. The number of amides is 2. The van der Waals surface area contributed by atoms with Crippen LogP contribution in [0.1, 0.15) is 24.0 Å². The van der Waals surface area contributed by atoms with Crippen molar-refractivity contribution in [2.24, 2.45) is 0 Å². The largest absolute Gasteiger partial charge is 0.354 e. The Labute approximate surface area is 137 Å². The predicted octanol–water partition coefficient (Wildman–Crippen LogP) is 2.55. The first kappa shape index (κ1) is 16.4. The molecule has 1 unspecified atom stereocenters. The van der Waals surface area contributed by atoms with E-state index in [1.165, 1.54) is 5.56 Å².